The zero-order chi connectivity index (χ0) is 29.3. The van der Waals surface area contributed by atoms with E-state index in [2.05, 4.69) is 23.8 Å². The van der Waals surface area contributed by atoms with Crippen molar-refractivity contribution in [3.8, 4) is 12.3 Å². The van der Waals surface area contributed by atoms with Gasteiger partial charge in [-0.25, -0.2) is 4.79 Å². The molecule has 0 radical (unpaired) electrons. The number of carbonyl (C=O) groups is 2. The Morgan fingerprint density at radius 2 is 1.90 bits per heavy atom. The van der Waals surface area contributed by atoms with Crippen LogP contribution in [0.1, 0.15) is 74.7 Å². The van der Waals surface area contributed by atoms with Crippen LogP contribution in [0.25, 0.3) is 0 Å². The van der Waals surface area contributed by atoms with Crippen molar-refractivity contribution in [2.75, 3.05) is 29.7 Å². The van der Waals surface area contributed by atoms with Gasteiger partial charge in [0.25, 0.3) is 0 Å². The Morgan fingerprint density at radius 1 is 1.15 bits per heavy atom. The van der Waals surface area contributed by atoms with Crippen molar-refractivity contribution in [1.29, 1.82) is 0 Å². The number of rotatable bonds is 8. The molecule has 1 aromatic rings. The summed E-state index contributed by atoms with van der Waals surface area (Å²) < 4.78 is 11.8. The van der Waals surface area contributed by atoms with E-state index in [1.165, 1.54) is 18.1 Å². The quantitative estimate of drug-likeness (QED) is 0.177. The standard InChI is InChI=1S/C34H41Cl2NO4/c1-5-23-18-25-19-26(41-33(39)24-7-6-21(2)30(20-24)37(16-14-35)17-15-36)8-9-27(25)28-12-13-34(4)29(32(23)28)10-11-31(34)40-22(3)38/h1,6-7,19-20,23,28-29,31-32H,8-18H2,2-4H3/t23-,28-,29+,31+,32-,34+/m1/s1. The Morgan fingerprint density at radius 3 is 2.59 bits per heavy atom. The number of hydrogen-bond acceptors (Lipinski definition) is 5. The lowest BCUT2D eigenvalue weighted by Crippen LogP contribution is -2.48. The summed E-state index contributed by atoms with van der Waals surface area (Å²) in [6.45, 7) is 7.15. The van der Waals surface area contributed by atoms with Crippen molar-refractivity contribution in [1.82, 2.24) is 0 Å². The summed E-state index contributed by atoms with van der Waals surface area (Å²) in [7, 11) is 0. The highest BCUT2D eigenvalue weighted by Crippen LogP contribution is 2.63. The van der Waals surface area contributed by atoms with Gasteiger partial charge in [-0.3, -0.25) is 4.79 Å². The molecule has 7 heteroatoms. The van der Waals surface area contributed by atoms with Crippen LogP contribution in [-0.4, -0.2) is 42.9 Å². The number of aryl methyl sites for hydroxylation is 1. The number of esters is 2. The molecule has 0 aliphatic heterocycles. The highest BCUT2D eigenvalue weighted by Gasteiger charge is 2.58. The van der Waals surface area contributed by atoms with Gasteiger partial charge >= 0.3 is 11.9 Å². The van der Waals surface area contributed by atoms with E-state index in [9.17, 15) is 9.59 Å². The third kappa shape index (κ3) is 5.80. The number of halogens is 2. The van der Waals surface area contributed by atoms with Crippen molar-refractivity contribution >= 4 is 40.8 Å². The van der Waals surface area contributed by atoms with E-state index in [1.807, 2.05) is 25.1 Å². The van der Waals surface area contributed by atoms with Gasteiger partial charge in [-0.05, 0) is 92.5 Å². The van der Waals surface area contributed by atoms with Gasteiger partial charge in [-0.15, -0.1) is 35.5 Å². The third-order valence-corrected chi connectivity index (χ3v) is 10.6. The number of fused-ring (bicyclic) bond motifs is 4. The first-order chi connectivity index (χ1) is 19.7. The molecule has 0 saturated heterocycles. The average Bonchev–Trinajstić information content (AvgIpc) is 3.27. The first-order valence-electron chi connectivity index (χ1n) is 15.0. The molecule has 0 spiro atoms. The molecule has 0 amide bonds. The average molecular weight is 599 g/mol. The number of ether oxygens (including phenoxy) is 2. The van der Waals surface area contributed by atoms with E-state index in [-0.39, 0.29) is 29.4 Å². The minimum atomic E-state index is -0.351. The van der Waals surface area contributed by atoms with Gasteiger partial charge in [0.05, 0.1) is 5.56 Å². The van der Waals surface area contributed by atoms with Gasteiger partial charge in [-0.2, -0.15) is 0 Å². The molecule has 0 unspecified atom stereocenters. The molecule has 4 aliphatic rings. The van der Waals surface area contributed by atoms with E-state index < -0.39 is 0 Å². The smallest absolute Gasteiger partial charge is 0.343 e. The molecule has 5 nitrogen and oxygen atoms in total. The summed E-state index contributed by atoms with van der Waals surface area (Å²) >= 11 is 12.0. The van der Waals surface area contributed by atoms with Crippen molar-refractivity contribution in [3.05, 3.63) is 52.3 Å². The van der Waals surface area contributed by atoms with E-state index in [0.717, 1.165) is 49.8 Å². The van der Waals surface area contributed by atoms with Crippen molar-refractivity contribution in [2.45, 2.75) is 71.8 Å². The van der Waals surface area contributed by atoms with E-state index >= 15 is 0 Å². The largest absolute Gasteiger partial charge is 0.462 e. The molecule has 0 N–H and O–H groups in total. The maximum Gasteiger partial charge on any atom is 0.343 e. The first-order valence-corrected chi connectivity index (χ1v) is 16.0. The fourth-order valence-electron chi connectivity index (χ4n) is 8.33. The molecule has 41 heavy (non-hydrogen) atoms. The molecular formula is C34H41Cl2NO4. The number of nitrogens with zero attached hydrogens (tertiary/aromatic N) is 1. The fraction of sp³-hybridized carbons (Fsp3) is 0.588. The van der Waals surface area contributed by atoms with Crippen molar-refractivity contribution in [3.63, 3.8) is 0 Å². The van der Waals surface area contributed by atoms with Crippen LogP contribution in [0.2, 0.25) is 0 Å². The molecular weight excluding hydrogens is 557 g/mol. The monoisotopic (exact) mass is 597 g/mol. The number of anilines is 1. The van der Waals surface area contributed by atoms with Gasteiger partial charge in [0.1, 0.15) is 11.9 Å². The summed E-state index contributed by atoms with van der Waals surface area (Å²) in [6, 6.07) is 5.65. The summed E-state index contributed by atoms with van der Waals surface area (Å²) in [6.07, 6.45) is 14.7. The lowest BCUT2D eigenvalue weighted by Gasteiger charge is -2.53. The molecule has 5 rings (SSSR count). The molecule has 6 atom stereocenters. The Balaban J connectivity index is 1.35. The molecule has 0 bridgehead atoms. The Labute approximate surface area is 254 Å². The van der Waals surface area contributed by atoms with Crippen LogP contribution in [0.3, 0.4) is 0 Å². The van der Waals surface area contributed by atoms with Crippen molar-refractivity contribution < 1.29 is 19.1 Å². The normalized spacial score (nSPS) is 30.3. The van der Waals surface area contributed by atoms with Gasteiger partial charge in [0.2, 0.25) is 0 Å². The summed E-state index contributed by atoms with van der Waals surface area (Å²) in [4.78, 5) is 27.2. The number of hydrogen-bond donors (Lipinski definition) is 0. The van der Waals surface area contributed by atoms with E-state index in [4.69, 9.17) is 39.1 Å². The number of allylic oxidation sites excluding steroid dienone is 4. The van der Waals surface area contributed by atoms with Gasteiger partial charge < -0.3 is 14.4 Å². The van der Waals surface area contributed by atoms with Gasteiger partial charge in [-0.1, -0.05) is 18.6 Å². The van der Waals surface area contributed by atoms with Crippen molar-refractivity contribution in [2.24, 2.45) is 29.1 Å². The minimum absolute atomic E-state index is 0.0127. The van der Waals surface area contributed by atoms with Crippen LogP contribution in [0, 0.1) is 48.4 Å². The molecule has 220 valence electrons. The predicted octanol–water partition coefficient (Wildman–Crippen LogP) is 7.44. The van der Waals surface area contributed by atoms with Gasteiger partial charge in [0.15, 0.2) is 0 Å². The molecule has 2 fully saturated rings. The van der Waals surface area contributed by atoms with E-state index in [0.29, 0.717) is 60.3 Å². The second kappa shape index (κ2) is 12.4. The van der Waals surface area contributed by atoms with Crippen LogP contribution >= 0.6 is 23.2 Å². The highest BCUT2D eigenvalue weighted by molar-refractivity contribution is 6.18. The zero-order valence-corrected chi connectivity index (χ0v) is 25.9. The molecule has 2 saturated carbocycles. The number of carbonyl (C=O) groups excluding carboxylic acids is 2. The topological polar surface area (TPSA) is 55.8 Å². The van der Waals surface area contributed by atoms with Gasteiger partial charge in [0, 0.05) is 55.2 Å². The minimum Gasteiger partial charge on any atom is -0.462 e. The SMILES string of the molecule is C#C[C@@H]1CC2=C(CCC(OC(=O)c3ccc(C)c(N(CCCl)CCCl)c3)=C2)[C@H]2CC[C@]3(C)[C@@H](OC(C)=O)CC[C@H]3[C@H]12. The number of alkyl halides is 2. The van der Waals surface area contributed by atoms with Crippen LogP contribution in [-0.2, 0) is 14.3 Å². The maximum absolute atomic E-state index is 13.3. The van der Waals surface area contributed by atoms with Crippen LogP contribution in [0.15, 0.2) is 41.2 Å². The third-order valence-electron chi connectivity index (χ3n) is 10.2. The Bertz CT molecular complexity index is 1290. The number of benzene rings is 1. The highest BCUT2D eigenvalue weighted by atomic mass is 35.5. The lowest BCUT2D eigenvalue weighted by molar-refractivity contribution is -0.155. The predicted molar refractivity (Wildman–Crippen MR) is 164 cm³/mol. The molecule has 0 heterocycles. The fourth-order valence-corrected chi connectivity index (χ4v) is 8.74. The maximum atomic E-state index is 13.3. The molecule has 0 aromatic heterocycles. The molecule has 4 aliphatic carbocycles. The molecule has 1 aromatic carbocycles. The van der Waals surface area contributed by atoms with E-state index in [1.54, 1.807) is 0 Å². The lowest BCUT2D eigenvalue weighted by atomic mass is 9.52. The summed E-state index contributed by atoms with van der Waals surface area (Å²) in [5.74, 6) is 5.69. The van der Waals surface area contributed by atoms with Crippen LogP contribution in [0.5, 0.6) is 0 Å². The summed E-state index contributed by atoms with van der Waals surface area (Å²) in [5, 5.41) is 0. The Kier molecular flexibility index (Phi) is 9.12. The zero-order valence-electron chi connectivity index (χ0n) is 24.4. The summed E-state index contributed by atoms with van der Waals surface area (Å²) in [5.41, 5.74) is 5.26. The second-order valence-electron chi connectivity index (χ2n) is 12.4. The Hall–Kier alpha value is -2.42. The second-order valence-corrected chi connectivity index (χ2v) is 13.2. The number of terminal acetylenes is 1. The first kappa shape index (κ1) is 30.1. The van der Waals surface area contributed by atoms with Crippen LogP contribution < -0.4 is 4.90 Å². The van der Waals surface area contributed by atoms with Crippen LogP contribution in [0.4, 0.5) is 5.69 Å².